The Labute approximate surface area is 117 Å². The number of nitrogens with zero attached hydrogens (tertiary/aromatic N) is 2. The first-order valence-corrected chi connectivity index (χ1v) is 7.40. The van der Waals surface area contributed by atoms with Gasteiger partial charge in [0.15, 0.2) is 0 Å². The number of quaternary nitrogens is 1. The fourth-order valence-corrected chi connectivity index (χ4v) is 2.43. The van der Waals surface area contributed by atoms with Crippen molar-refractivity contribution in [2.24, 2.45) is 0 Å². The molecule has 1 aliphatic heterocycles. The zero-order chi connectivity index (χ0) is 13.7. The van der Waals surface area contributed by atoms with Crippen molar-refractivity contribution in [3.63, 3.8) is 0 Å². The minimum atomic E-state index is 0.795. The summed E-state index contributed by atoms with van der Waals surface area (Å²) in [5, 5.41) is 0. The number of hydrogen-bond donors (Lipinski definition) is 0. The molecule has 0 spiro atoms. The van der Waals surface area contributed by atoms with Crippen LogP contribution in [0.1, 0.15) is 19.8 Å². The van der Waals surface area contributed by atoms with Gasteiger partial charge in [0.05, 0.1) is 20.6 Å². The van der Waals surface area contributed by atoms with Crippen LogP contribution in [0.15, 0.2) is 24.3 Å². The van der Waals surface area contributed by atoms with Crippen LogP contribution in [0.25, 0.3) is 0 Å². The summed E-state index contributed by atoms with van der Waals surface area (Å²) in [4.78, 5) is 2.48. The van der Waals surface area contributed by atoms with Crippen molar-refractivity contribution in [3.8, 4) is 5.75 Å². The van der Waals surface area contributed by atoms with E-state index in [0.29, 0.717) is 0 Å². The topological polar surface area (TPSA) is 12.5 Å². The summed E-state index contributed by atoms with van der Waals surface area (Å²) in [6.45, 7) is 7.61. The number of hydrogen-bond acceptors (Lipinski definition) is 2. The van der Waals surface area contributed by atoms with Crippen molar-refractivity contribution >= 4 is 5.69 Å². The highest BCUT2D eigenvalue weighted by atomic mass is 16.5. The van der Waals surface area contributed by atoms with Crippen molar-refractivity contribution in [2.45, 2.75) is 19.8 Å². The van der Waals surface area contributed by atoms with Gasteiger partial charge in [0.1, 0.15) is 18.0 Å². The molecule has 0 aromatic heterocycles. The lowest BCUT2D eigenvalue weighted by molar-refractivity contribution is 0.237. The molecular formula is C16H27N2O+. The quantitative estimate of drug-likeness (QED) is 0.732. The van der Waals surface area contributed by atoms with Crippen LogP contribution in [0, 0.1) is 0 Å². The lowest BCUT2D eigenvalue weighted by Crippen LogP contribution is -2.39. The average molecular weight is 263 g/mol. The van der Waals surface area contributed by atoms with Gasteiger partial charge in [-0.25, -0.2) is 0 Å². The number of ether oxygens (including phenoxy) is 1. The third-order valence-electron chi connectivity index (χ3n) is 4.18. The highest BCUT2D eigenvalue weighted by Crippen LogP contribution is 2.24. The Morgan fingerprint density at radius 2 is 1.95 bits per heavy atom. The van der Waals surface area contributed by atoms with E-state index in [0.717, 1.165) is 29.9 Å². The van der Waals surface area contributed by atoms with Crippen molar-refractivity contribution in [1.29, 1.82) is 0 Å². The lowest BCUT2D eigenvalue weighted by atomic mass is 10.2. The van der Waals surface area contributed by atoms with E-state index < -0.39 is 0 Å². The maximum atomic E-state index is 5.90. The average Bonchev–Trinajstić information content (AvgIpc) is 2.92. The molecule has 3 heteroatoms. The molecule has 2 rings (SSSR count). The number of rotatable bonds is 6. The Morgan fingerprint density at radius 1 is 1.21 bits per heavy atom. The second-order valence-corrected chi connectivity index (χ2v) is 5.90. The van der Waals surface area contributed by atoms with E-state index in [1.807, 2.05) is 0 Å². The van der Waals surface area contributed by atoms with Gasteiger partial charge in [-0.15, -0.1) is 0 Å². The van der Waals surface area contributed by atoms with Crippen LogP contribution in [0.2, 0.25) is 0 Å². The Morgan fingerprint density at radius 3 is 2.63 bits per heavy atom. The molecule has 1 heterocycles. The molecule has 3 nitrogen and oxygen atoms in total. The Hall–Kier alpha value is -1.06. The molecule has 1 fully saturated rings. The van der Waals surface area contributed by atoms with E-state index in [2.05, 4.69) is 50.2 Å². The summed E-state index contributed by atoms with van der Waals surface area (Å²) in [5.74, 6) is 0.997. The maximum Gasteiger partial charge on any atom is 0.136 e. The lowest BCUT2D eigenvalue weighted by Gasteiger charge is -2.27. The maximum absolute atomic E-state index is 5.90. The van der Waals surface area contributed by atoms with Gasteiger partial charge in [-0.2, -0.15) is 0 Å². The highest BCUT2D eigenvalue weighted by Gasteiger charge is 2.16. The Kier molecular flexibility index (Phi) is 4.83. The smallest absolute Gasteiger partial charge is 0.136 e. The molecule has 0 radical (unpaired) electrons. The van der Waals surface area contributed by atoms with Gasteiger partial charge in [-0.05, 0) is 45.0 Å². The largest absolute Gasteiger partial charge is 0.492 e. The molecule has 0 saturated carbocycles. The summed E-state index contributed by atoms with van der Waals surface area (Å²) < 4.78 is 6.79. The van der Waals surface area contributed by atoms with Gasteiger partial charge in [-0.3, -0.25) is 9.38 Å². The number of benzene rings is 1. The van der Waals surface area contributed by atoms with E-state index in [1.54, 1.807) is 0 Å². The van der Waals surface area contributed by atoms with E-state index in [9.17, 15) is 0 Å². The van der Waals surface area contributed by atoms with Gasteiger partial charge in [0.25, 0.3) is 0 Å². The predicted molar refractivity (Wildman–Crippen MR) is 81.8 cm³/mol. The fraction of sp³-hybridized carbons (Fsp3) is 0.625. The van der Waals surface area contributed by atoms with Crippen molar-refractivity contribution in [3.05, 3.63) is 24.3 Å². The van der Waals surface area contributed by atoms with Crippen molar-refractivity contribution < 1.29 is 4.74 Å². The molecule has 0 N–H and O–H groups in total. The second-order valence-electron chi connectivity index (χ2n) is 5.90. The molecule has 1 aliphatic rings. The molecule has 106 valence electrons. The second kappa shape index (κ2) is 6.40. The standard InChI is InChI=1S/C16H27N2O/c1-4-18(2,3)15-8-7-9-16(14-15)19-13-12-17-10-5-6-11-17/h7-9,14H,4-6,10-13H2,1-3H3/q+1. The van der Waals surface area contributed by atoms with Crippen molar-refractivity contribution in [2.75, 3.05) is 46.9 Å². The van der Waals surface area contributed by atoms with Gasteiger partial charge < -0.3 is 4.74 Å². The first kappa shape index (κ1) is 14.4. The molecule has 0 atom stereocenters. The summed E-state index contributed by atoms with van der Waals surface area (Å²) in [6, 6.07) is 8.50. The third-order valence-corrected chi connectivity index (χ3v) is 4.18. The fourth-order valence-electron chi connectivity index (χ4n) is 2.43. The molecule has 0 unspecified atom stereocenters. The van der Waals surface area contributed by atoms with Crippen LogP contribution in [0.3, 0.4) is 0 Å². The van der Waals surface area contributed by atoms with E-state index in [-0.39, 0.29) is 0 Å². The molecule has 0 amide bonds. The van der Waals surface area contributed by atoms with Crippen LogP contribution in [-0.4, -0.2) is 51.8 Å². The van der Waals surface area contributed by atoms with Crippen LogP contribution < -0.4 is 9.22 Å². The summed E-state index contributed by atoms with van der Waals surface area (Å²) in [5.41, 5.74) is 1.31. The third kappa shape index (κ3) is 3.95. The number of likely N-dealkylation sites (tertiary alicyclic amines) is 1. The predicted octanol–water partition coefficient (Wildman–Crippen LogP) is 2.75. The van der Waals surface area contributed by atoms with E-state index in [4.69, 9.17) is 4.74 Å². The van der Waals surface area contributed by atoms with Crippen LogP contribution in [0.4, 0.5) is 5.69 Å². The molecule has 1 aromatic rings. The van der Waals surface area contributed by atoms with Crippen LogP contribution in [0.5, 0.6) is 5.75 Å². The summed E-state index contributed by atoms with van der Waals surface area (Å²) in [6.07, 6.45) is 2.69. The first-order chi connectivity index (χ1) is 9.12. The zero-order valence-corrected chi connectivity index (χ0v) is 12.6. The summed E-state index contributed by atoms with van der Waals surface area (Å²) in [7, 11) is 4.45. The first-order valence-electron chi connectivity index (χ1n) is 7.40. The van der Waals surface area contributed by atoms with E-state index in [1.165, 1.54) is 31.6 Å². The van der Waals surface area contributed by atoms with Gasteiger partial charge >= 0.3 is 0 Å². The minimum Gasteiger partial charge on any atom is -0.492 e. The van der Waals surface area contributed by atoms with E-state index >= 15 is 0 Å². The van der Waals surface area contributed by atoms with Crippen molar-refractivity contribution in [1.82, 2.24) is 9.38 Å². The van der Waals surface area contributed by atoms with Gasteiger partial charge in [0.2, 0.25) is 0 Å². The molecule has 1 saturated heterocycles. The van der Waals surface area contributed by atoms with Gasteiger partial charge in [-0.1, -0.05) is 6.07 Å². The SMILES string of the molecule is CC[N+](C)(C)c1cccc(OCCN2CCCC2)c1. The highest BCUT2D eigenvalue weighted by molar-refractivity contribution is 5.46. The van der Waals surface area contributed by atoms with Crippen LogP contribution >= 0.6 is 0 Å². The summed E-state index contributed by atoms with van der Waals surface area (Å²) >= 11 is 0. The normalized spacial score (nSPS) is 16.8. The molecule has 0 aliphatic carbocycles. The zero-order valence-electron chi connectivity index (χ0n) is 12.6. The monoisotopic (exact) mass is 263 g/mol. The molecular weight excluding hydrogens is 236 g/mol. The minimum absolute atomic E-state index is 0.795. The molecule has 0 bridgehead atoms. The van der Waals surface area contributed by atoms with Crippen LogP contribution in [-0.2, 0) is 0 Å². The Bertz CT molecular complexity index is 397. The molecule has 1 aromatic carbocycles. The van der Waals surface area contributed by atoms with Gasteiger partial charge in [0, 0.05) is 12.6 Å². The Balaban J connectivity index is 1.88. The molecule has 19 heavy (non-hydrogen) atoms.